The highest BCUT2D eigenvalue weighted by Crippen LogP contribution is 2.23. The fourth-order valence-corrected chi connectivity index (χ4v) is 2.17. The summed E-state index contributed by atoms with van der Waals surface area (Å²) in [6, 6.07) is 13.7. The smallest absolute Gasteiger partial charge is 0.310 e. The molecule has 1 heterocycles. The predicted octanol–water partition coefficient (Wildman–Crippen LogP) is 3.25. The first-order chi connectivity index (χ1) is 10.6. The van der Waals surface area contributed by atoms with Crippen LogP contribution in [0, 0.1) is 0 Å². The number of rotatable bonds is 4. The Morgan fingerprint density at radius 2 is 1.86 bits per heavy atom. The molecular formula is C17H13NO4. The van der Waals surface area contributed by atoms with Crippen LogP contribution >= 0.6 is 0 Å². The molecule has 3 rings (SSSR count). The normalized spacial score (nSPS) is 12.2. The molecular weight excluding hydrogens is 282 g/mol. The summed E-state index contributed by atoms with van der Waals surface area (Å²) in [5.74, 6) is -1.86. The highest BCUT2D eigenvalue weighted by Gasteiger charge is 2.19. The fraction of sp³-hybridized carbons (Fsp3) is 0.118. The summed E-state index contributed by atoms with van der Waals surface area (Å²) in [6.07, 6.45) is 0. The number of carboxylic acids is 1. The van der Waals surface area contributed by atoms with Crippen LogP contribution in [0.3, 0.4) is 0 Å². The van der Waals surface area contributed by atoms with Gasteiger partial charge in [0.2, 0.25) is 5.78 Å². The van der Waals surface area contributed by atoms with E-state index >= 15 is 0 Å². The highest BCUT2D eigenvalue weighted by molar-refractivity contribution is 6.06. The summed E-state index contributed by atoms with van der Waals surface area (Å²) in [7, 11) is 0. The van der Waals surface area contributed by atoms with Gasteiger partial charge in [-0.15, -0.1) is 0 Å². The summed E-state index contributed by atoms with van der Waals surface area (Å²) in [5, 5.41) is 9.05. The maximum absolute atomic E-state index is 12.3. The zero-order chi connectivity index (χ0) is 15.7. The molecule has 2 aromatic carbocycles. The molecule has 1 unspecified atom stereocenters. The summed E-state index contributed by atoms with van der Waals surface area (Å²) in [4.78, 5) is 27.5. The number of hydrogen-bond donors (Lipinski definition) is 1. The van der Waals surface area contributed by atoms with Gasteiger partial charge in [0.15, 0.2) is 5.58 Å². The van der Waals surface area contributed by atoms with Crippen molar-refractivity contribution in [1.29, 1.82) is 0 Å². The van der Waals surface area contributed by atoms with Crippen LogP contribution in [0.25, 0.3) is 11.1 Å². The van der Waals surface area contributed by atoms with Gasteiger partial charge in [0, 0.05) is 5.56 Å². The monoisotopic (exact) mass is 295 g/mol. The minimum absolute atomic E-state index is 0.00123. The average molecular weight is 295 g/mol. The molecule has 0 spiro atoms. The quantitative estimate of drug-likeness (QED) is 0.747. The highest BCUT2D eigenvalue weighted by atomic mass is 16.4. The molecule has 110 valence electrons. The third kappa shape index (κ3) is 2.48. The van der Waals surface area contributed by atoms with E-state index in [0.717, 1.165) is 0 Å². The van der Waals surface area contributed by atoms with Crippen molar-refractivity contribution in [3.8, 4) is 0 Å². The van der Waals surface area contributed by atoms with E-state index in [2.05, 4.69) is 4.98 Å². The Kier molecular flexibility index (Phi) is 3.47. The number of carbonyl (C=O) groups is 2. The lowest BCUT2D eigenvalue weighted by Crippen LogP contribution is -2.06. The second-order valence-electron chi connectivity index (χ2n) is 5.00. The number of carbonyl (C=O) groups excluding carboxylic acids is 1. The maximum Gasteiger partial charge on any atom is 0.310 e. The van der Waals surface area contributed by atoms with Crippen molar-refractivity contribution in [3.63, 3.8) is 0 Å². The minimum Gasteiger partial charge on any atom is -0.481 e. The molecule has 1 atom stereocenters. The van der Waals surface area contributed by atoms with Gasteiger partial charge in [-0.2, -0.15) is 0 Å². The van der Waals surface area contributed by atoms with Gasteiger partial charge in [0.25, 0.3) is 5.89 Å². The summed E-state index contributed by atoms with van der Waals surface area (Å²) < 4.78 is 5.47. The zero-order valence-electron chi connectivity index (χ0n) is 11.8. The van der Waals surface area contributed by atoms with E-state index in [4.69, 9.17) is 9.52 Å². The molecule has 5 heteroatoms. The van der Waals surface area contributed by atoms with Crippen molar-refractivity contribution < 1.29 is 19.1 Å². The van der Waals surface area contributed by atoms with Crippen LogP contribution in [0.15, 0.2) is 52.9 Å². The maximum atomic E-state index is 12.3. The van der Waals surface area contributed by atoms with Crippen molar-refractivity contribution in [2.24, 2.45) is 0 Å². The van der Waals surface area contributed by atoms with Crippen LogP contribution in [0.1, 0.15) is 34.7 Å². The van der Waals surface area contributed by atoms with Gasteiger partial charge in [-0.3, -0.25) is 9.59 Å². The van der Waals surface area contributed by atoms with Crippen LogP contribution in [0.4, 0.5) is 0 Å². The molecule has 0 aliphatic carbocycles. The summed E-state index contributed by atoms with van der Waals surface area (Å²) in [5.41, 5.74) is 2.05. The predicted molar refractivity (Wildman–Crippen MR) is 79.9 cm³/mol. The molecule has 3 aromatic rings. The molecule has 1 N–H and O–H groups in total. The van der Waals surface area contributed by atoms with Gasteiger partial charge in [-0.05, 0) is 24.6 Å². The SMILES string of the molecule is CC(C(=O)O)c1ccc2oc(C(=O)c3ccccc3)nc2c1. The molecule has 0 aliphatic heterocycles. The third-order valence-electron chi connectivity index (χ3n) is 3.51. The molecule has 0 saturated carbocycles. The molecule has 0 amide bonds. The topological polar surface area (TPSA) is 80.4 Å². The second kappa shape index (κ2) is 5.44. The molecule has 1 aromatic heterocycles. The van der Waals surface area contributed by atoms with Gasteiger partial charge in [0.1, 0.15) is 5.52 Å². The van der Waals surface area contributed by atoms with Crippen molar-refractivity contribution in [3.05, 3.63) is 65.5 Å². The number of carboxylic acid groups (broad SMARTS) is 1. The van der Waals surface area contributed by atoms with Crippen LogP contribution in [-0.2, 0) is 4.79 Å². The van der Waals surface area contributed by atoms with Crippen LogP contribution < -0.4 is 0 Å². The molecule has 0 fully saturated rings. The van der Waals surface area contributed by atoms with Crippen LogP contribution in [0.2, 0.25) is 0 Å². The Labute approximate surface area is 126 Å². The van der Waals surface area contributed by atoms with Gasteiger partial charge in [0.05, 0.1) is 5.92 Å². The number of benzene rings is 2. The van der Waals surface area contributed by atoms with E-state index in [1.165, 1.54) is 0 Å². The van der Waals surface area contributed by atoms with Crippen molar-refractivity contribution in [2.75, 3.05) is 0 Å². The standard InChI is InChI=1S/C17H13NO4/c1-10(17(20)21)12-7-8-14-13(9-12)18-16(22-14)15(19)11-5-3-2-4-6-11/h2-10H,1H3,(H,20,21). The van der Waals surface area contributed by atoms with Gasteiger partial charge < -0.3 is 9.52 Å². The lowest BCUT2D eigenvalue weighted by atomic mass is 10.0. The first kappa shape index (κ1) is 14.0. The number of ketones is 1. The number of aromatic nitrogens is 1. The Hall–Kier alpha value is -2.95. The largest absolute Gasteiger partial charge is 0.481 e. The number of nitrogens with zero attached hydrogens (tertiary/aromatic N) is 1. The Morgan fingerprint density at radius 3 is 2.55 bits per heavy atom. The Morgan fingerprint density at radius 1 is 1.14 bits per heavy atom. The molecule has 0 radical (unpaired) electrons. The number of oxazole rings is 1. The van der Waals surface area contributed by atoms with E-state index in [0.29, 0.717) is 22.2 Å². The van der Waals surface area contributed by atoms with Gasteiger partial charge >= 0.3 is 5.97 Å². The molecule has 22 heavy (non-hydrogen) atoms. The molecule has 5 nitrogen and oxygen atoms in total. The van der Waals surface area contributed by atoms with E-state index in [1.807, 2.05) is 6.07 Å². The van der Waals surface area contributed by atoms with E-state index in [-0.39, 0.29) is 11.7 Å². The van der Waals surface area contributed by atoms with E-state index in [1.54, 1.807) is 49.4 Å². The molecule has 0 aliphatic rings. The third-order valence-corrected chi connectivity index (χ3v) is 3.51. The second-order valence-corrected chi connectivity index (χ2v) is 5.00. The fourth-order valence-electron chi connectivity index (χ4n) is 2.17. The summed E-state index contributed by atoms with van der Waals surface area (Å²) in [6.45, 7) is 1.60. The average Bonchev–Trinajstić information content (AvgIpc) is 2.97. The van der Waals surface area contributed by atoms with E-state index < -0.39 is 11.9 Å². The minimum atomic E-state index is -0.913. The number of fused-ring (bicyclic) bond motifs is 1. The summed E-state index contributed by atoms with van der Waals surface area (Å²) >= 11 is 0. The number of aliphatic carboxylic acids is 1. The first-order valence-electron chi connectivity index (χ1n) is 6.79. The lowest BCUT2D eigenvalue weighted by Gasteiger charge is -2.04. The van der Waals surface area contributed by atoms with Crippen molar-refractivity contribution in [2.45, 2.75) is 12.8 Å². The Balaban J connectivity index is 2.00. The Bertz CT molecular complexity index is 851. The first-order valence-corrected chi connectivity index (χ1v) is 6.79. The van der Waals surface area contributed by atoms with E-state index in [9.17, 15) is 9.59 Å². The lowest BCUT2D eigenvalue weighted by molar-refractivity contribution is -0.138. The van der Waals surface area contributed by atoms with Gasteiger partial charge in [-0.25, -0.2) is 4.98 Å². The van der Waals surface area contributed by atoms with Crippen LogP contribution in [0.5, 0.6) is 0 Å². The van der Waals surface area contributed by atoms with Crippen molar-refractivity contribution >= 4 is 22.9 Å². The van der Waals surface area contributed by atoms with Crippen molar-refractivity contribution in [1.82, 2.24) is 4.98 Å². The molecule has 0 saturated heterocycles. The number of hydrogen-bond acceptors (Lipinski definition) is 4. The zero-order valence-corrected chi connectivity index (χ0v) is 11.8. The van der Waals surface area contributed by atoms with Gasteiger partial charge in [-0.1, -0.05) is 36.4 Å². The molecule has 0 bridgehead atoms. The van der Waals surface area contributed by atoms with Crippen LogP contribution in [-0.4, -0.2) is 21.8 Å².